The maximum Gasteiger partial charge on any atom is 0.329 e. The Hall–Kier alpha value is -3.07. The summed E-state index contributed by atoms with van der Waals surface area (Å²) in [6, 6.07) is 9.52. The molecule has 1 amide bonds. The van der Waals surface area contributed by atoms with Gasteiger partial charge in [-0.1, -0.05) is 30.3 Å². The maximum atomic E-state index is 12.2. The highest BCUT2D eigenvalue weighted by atomic mass is 16.6. The number of carbonyl (C=O) groups is 1. The van der Waals surface area contributed by atoms with E-state index in [1.165, 1.54) is 0 Å². The number of hydrogen-bond acceptors (Lipinski definition) is 7. The molecule has 1 saturated carbocycles. The van der Waals surface area contributed by atoms with E-state index >= 15 is 0 Å². The molecule has 9 heteroatoms. The number of carbonyl (C=O) groups excluding carboxylic acids is 1. The van der Waals surface area contributed by atoms with Gasteiger partial charge in [-0.05, 0) is 37.2 Å². The Kier molecular flexibility index (Phi) is 6.49. The topological polar surface area (TPSA) is 136 Å². The van der Waals surface area contributed by atoms with Crippen LogP contribution in [0.25, 0.3) is 0 Å². The lowest BCUT2D eigenvalue weighted by Crippen LogP contribution is -2.29. The van der Waals surface area contributed by atoms with Gasteiger partial charge in [0.15, 0.2) is 0 Å². The summed E-state index contributed by atoms with van der Waals surface area (Å²) in [5, 5.41) is 16.9. The lowest BCUT2D eigenvalue weighted by molar-refractivity contribution is -0.384. The first-order chi connectivity index (χ1) is 13.5. The third kappa shape index (κ3) is 5.46. The molecule has 1 aromatic heterocycles. The summed E-state index contributed by atoms with van der Waals surface area (Å²) in [6.45, 7) is 0.571. The molecule has 0 aliphatic heterocycles. The average Bonchev–Trinajstić information content (AvgIpc) is 2.68. The van der Waals surface area contributed by atoms with Gasteiger partial charge in [-0.2, -0.15) is 4.98 Å². The Morgan fingerprint density at radius 3 is 2.61 bits per heavy atom. The van der Waals surface area contributed by atoms with Crippen LogP contribution in [0.5, 0.6) is 0 Å². The van der Waals surface area contributed by atoms with E-state index in [4.69, 9.17) is 5.73 Å². The van der Waals surface area contributed by atoms with E-state index in [1.54, 1.807) is 0 Å². The Balaban J connectivity index is 1.65. The fraction of sp³-hybridized carbons (Fsp3) is 0.421. The van der Waals surface area contributed by atoms with Crippen LogP contribution in [-0.2, 0) is 11.2 Å². The number of amides is 1. The quantitative estimate of drug-likeness (QED) is 0.493. The molecule has 0 atom stereocenters. The average molecular weight is 384 g/mol. The summed E-state index contributed by atoms with van der Waals surface area (Å²) in [7, 11) is 0. The van der Waals surface area contributed by atoms with Crippen molar-refractivity contribution in [2.75, 3.05) is 17.2 Å². The third-order valence-electron chi connectivity index (χ3n) is 4.87. The van der Waals surface area contributed by atoms with Gasteiger partial charge in [0, 0.05) is 12.6 Å². The van der Waals surface area contributed by atoms with Crippen molar-refractivity contribution in [1.29, 1.82) is 0 Å². The minimum absolute atomic E-state index is 0.0414. The largest absolute Gasteiger partial charge is 0.364 e. The molecule has 148 valence electrons. The molecule has 0 unspecified atom stereocenters. The zero-order valence-corrected chi connectivity index (χ0v) is 15.5. The molecule has 2 aromatic rings. The predicted octanol–water partition coefficient (Wildman–Crippen LogP) is 2.50. The number of nitrogens with two attached hydrogens (primary N) is 1. The van der Waals surface area contributed by atoms with E-state index in [0.717, 1.165) is 37.4 Å². The normalized spacial score (nSPS) is 19.0. The van der Waals surface area contributed by atoms with Crippen LogP contribution in [0.2, 0.25) is 0 Å². The number of aromatic nitrogens is 2. The minimum Gasteiger partial charge on any atom is -0.364 e. The Bertz CT molecular complexity index is 822. The van der Waals surface area contributed by atoms with E-state index in [9.17, 15) is 14.9 Å². The van der Waals surface area contributed by atoms with E-state index in [2.05, 4.69) is 20.6 Å². The zero-order chi connectivity index (χ0) is 19.9. The number of nitrogens with one attached hydrogen (secondary N) is 2. The van der Waals surface area contributed by atoms with Crippen LogP contribution < -0.4 is 16.4 Å². The molecule has 0 bridgehead atoms. The second-order valence-corrected chi connectivity index (χ2v) is 7.06. The van der Waals surface area contributed by atoms with E-state index in [0.29, 0.717) is 12.5 Å². The second-order valence-electron chi connectivity index (χ2n) is 7.06. The molecule has 9 nitrogen and oxygen atoms in total. The lowest BCUT2D eigenvalue weighted by atomic mass is 9.86. The molecule has 1 heterocycles. The first-order valence-electron chi connectivity index (χ1n) is 9.36. The summed E-state index contributed by atoms with van der Waals surface area (Å²) in [6.07, 6.45) is 5.16. The van der Waals surface area contributed by atoms with E-state index in [1.807, 2.05) is 30.3 Å². The standard InChI is InChI=1S/C19H24N6O3/c20-15-8-6-14(7-9-15)11-21-18-16(25(27)28)12-22-19(24-18)23-17(26)10-13-4-2-1-3-5-13/h1-5,12,14-15H,6-11,20H2,(H2,21,22,23,24,26). The van der Waals surface area contributed by atoms with E-state index in [-0.39, 0.29) is 35.8 Å². The smallest absolute Gasteiger partial charge is 0.329 e. The first-order valence-corrected chi connectivity index (χ1v) is 9.36. The number of hydrogen-bond donors (Lipinski definition) is 3. The number of nitro groups is 1. The Morgan fingerprint density at radius 1 is 1.21 bits per heavy atom. The van der Waals surface area contributed by atoms with Crippen molar-refractivity contribution in [2.45, 2.75) is 38.1 Å². The molecule has 3 rings (SSSR count). The van der Waals surface area contributed by atoms with Crippen LogP contribution in [0.15, 0.2) is 36.5 Å². The SMILES string of the molecule is NC1CCC(CNc2nc(NC(=O)Cc3ccccc3)ncc2[N+](=O)[O-])CC1. The molecule has 1 aliphatic carbocycles. The fourth-order valence-corrected chi connectivity index (χ4v) is 3.28. The highest BCUT2D eigenvalue weighted by molar-refractivity contribution is 5.90. The van der Waals surface area contributed by atoms with Gasteiger partial charge in [0.2, 0.25) is 17.7 Å². The van der Waals surface area contributed by atoms with Gasteiger partial charge >= 0.3 is 5.69 Å². The summed E-state index contributed by atoms with van der Waals surface area (Å²) in [5.41, 5.74) is 6.56. The molecule has 0 radical (unpaired) electrons. The number of benzene rings is 1. The van der Waals surface area contributed by atoms with Gasteiger partial charge in [0.05, 0.1) is 11.3 Å². The van der Waals surface area contributed by atoms with Gasteiger partial charge in [0.1, 0.15) is 6.20 Å². The van der Waals surface area contributed by atoms with Crippen LogP contribution in [0.1, 0.15) is 31.2 Å². The predicted molar refractivity (Wildman–Crippen MR) is 106 cm³/mol. The van der Waals surface area contributed by atoms with Crippen molar-refractivity contribution in [3.05, 3.63) is 52.2 Å². The highest BCUT2D eigenvalue weighted by Crippen LogP contribution is 2.26. The van der Waals surface area contributed by atoms with Crippen LogP contribution in [0.4, 0.5) is 17.5 Å². The van der Waals surface area contributed by atoms with Crippen LogP contribution in [0.3, 0.4) is 0 Å². The summed E-state index contributed by atoms with van der Waals surface area (Å²) >= 11 is 0. The Morgan fingerprint density at radius 2 is 1.93 bits per heavy atom. The first kappa shape index (κ1) is 19.7. The highest BCUT2D eigenvalue weighted by Gasteiger charge is 2.22. The van der Waals surface area contributed by atoms with E-state index < -0.39 is 4.92 Å². The summed E-state index contributed by atoms with van der Waals surface area (Å²) < 4.78 is 0. The lowest BCUT2D eigenvalue weighted by Gasteiger charge is -2.26. The van der Waals surface area contributed by atoms with Crippen LogP contribution in [0, 0.1) is 16.0 Å². The molecule has 1 aliphatic rings. The third-order valence-corrected chi connectivity index (χ3v) is 4.87. The monoisotopic (exact) mass is 384 g/mol. The maximum absolute atomic E-state index is 12.2. The molecule has 0 spiro atoms. The molecular formula is C19H24N6O3. The van der Waals surface area contributed by atoms with Gasteiger partial charge in [-0.3, -0.25) is 20.2 Å². The van der Waals surface area contributed by atoms with Crippen molar-refractivity contribution < 1.29 is 9.72 Å². The number of anilines is 2. The zero-order valence-electron chi connectivity index (χ0n) is 15.5. The van der Waals surface area contributed by atoms with Crippen molar-refractivity contribution in [1.82, 2.24) is 9.97 Å². The van der Waals surface area contributed by atoms with Gasteiger partial charge in [0.25, 0.3) is 0 Å². The molecular weight excluding hydrogens is 360 g/mol. The molecule has 0 saturated heterocycles. The number of nitrogens with zero attached hydrogens (tertiary/aromatic N) is 3. The van der Waals surface area contributed by atoms with Gasteiger partial charge in [-0.25, -0.2) is 4.98 Å². The molecule has 1 fully saturated rings. The Labute approximate surface area is 162 Å². The van der Waals surface area contributed by atoms with Crippen LogP contribution >= 0.6 is 0 Å². The molecule has 28 heavy (non-hydrogen) atoms. The fourth-order valence-electron chi connectivity index (χ4n) is 3.28. The van der Waals surface area contributed by atoms with Crippen molar-refractivity contribution >= 4 is 23.4 Å². The van der Waals surface area contributed by atoms with Gasteiger partial charge < -0.3 is 11.1 Å². The van der Waals surface area contributed by atoms with Crippen molar-refractivity contribution in [3.63, 3.8) is 0 Å². The van der Waals surface area contributed by atoms with Crippen molar-refractivity contribution in [2.24, 2.45) is 11.7 Å². The minimum atomic E-state index is -0.533. The van der Waals surface area contributed by atoms with Crippen molar-refractivity contribution in [3.8, 4) is 0 Å². The van der Waals surface area contributed by atoms with Crippen LogP contribution in [-0.4, -0.2) is 33.4 Å². The summed E-state index contributed by atoms with van der Waals surface area (Å²) in [4.78, 5) is 31.0. The molecule has 4 N–H and O–H groups in total. The molecule has 1 aromatic carbocycles. The van der Waals surface area contributed by atoms with Gasteiger partial charge in [-0.15, -0.1) is 0 Å². The number of rotatable bonds is 7. The summed E-state index contributed by atoms with van der Waals surface area (Å²) in [5.74, 6) is 0.266. The second kappa shape index (κ2) is 9.23.